The molecule has 0 amide bonds. The van der Waals surface area contributed by atoms with Crippen LogP contribution in [-0.4, -0.2) is 36.7 Å². The first-order valence-electron chi connectivity index (χ1n) is 7.75. The molecule has 114 valence electrons. The lowest BCUT2D eigenvalue weighted by Gasteiger charge is -2.35. The largest absolute Gasteiger partial charge is 0.465 e. The average molecular weight is 280 g/mol. The van der Waals surface area contributed by atoms with Crippen molar-refractivity contribution in [3.63, 3.8) is 0 Å². The molecule has 0 spiro atoms. The molecule has 1 aromatic rings. The summed E-state index contributed by atoms with van der Waals surface area (Å²) in [6.07, 6.45) is 1.78. The van der Waals surface area contributed by atoms with Gasteiger partial charge in [-0.05, 0) is 39.8 Å². The van der Waals surface area contributed by atoms with Crippen LogP contribution in [0.3, 0.4) is 0 Å². The summed E-state index contributed by atoms with van der Waals surface area (Å²) in [4.78, 5) is 2.46. The van der Waals surface area contributed by atoms with Crippen LogP contribution in [0.4, 0.5) is 0 Å². The van der Waals surface area contributed by atoms with E-state index in [9.17, 15) is 0 Å². The van der Waals surface area contributed by atoms with Crippen LogP contribution in [0.15, 0.2) is 10.5 Å². The Kier molecular flexibility index (Phi) is 5.64. The Morgan fingerprint density at radius 1 is 1.30 bits per heavy atom. The van der Waals surface area contributed by atoms with Crippen molar-refractivity contribution in [2.24, 2.45) is 0 Å². The van der Waals surface area contributed by atoms with Crippen molar-refractivity contribution in [2.45, 2.75) is 59.4 Å². The van der Waals surface area contributed by atoms with Crippen molar-refractivity contribution in [2.75, 3.05) is 19.6 Å². The van der Waals surface area contributed by atoms with E-state index in [1.807, 2.05) is 0 Å². The minimum Gasteiger partial charge on any atom is -0.465 e. The minimum absolute atomic E-state index is 0.316. The van der Waals surface area contributed by atoms with Gasteiger partial charge in [0.15, 0.2) is 0 Å². The highest BCUT2D eigenvalue weighted by Gasteiger charge is 2.23. The number of ether oxygens (including phenoxy) is 1. The number of hydrogen-bond acceptors (Lipinski definition) is 4. The molecule has 1 fully saturated rings. The summed E-state index contributed by atoms with van der Waals surface area (Å²) in [6, 6.07) is 2.20. The van der Waals surface area contributed by atoms with E-state index in [2.05, 4.69) is 44.0 Å². The molecule has 0 saturated carbocycles. The lowest BCUT2D eigenvalue weighted by molar-refractivity contribution is -0.0705. The third-order valence-electron chi connectivity index (χ3n) is 3.69. The van der Waals surface area contributed by atoms with Crippen molar-refractivity contribution in [1.29, 1.82) is 0 Å². The van der Waals surface area contributed by atoms with Crippen molar-refractivity contribution in [3.8, 4) is 0 Å². The van der Waals surface area contributed by atoms with E-state index in [1.165, 1.54) is 5.56 Å². The van der Waals surface area contributed by atoms with Crippen molar-refractivity contribution in [1.82, 2.24) is 10.2 Å². The second kappa shape index (κ2) is 7.25. The van der Waals surface area contributed by atoms with Gasteiger partial charge < -0.3 is 14.5 Å². The maximum Gasteiger partial charge on any atom is 0.118 e. The third kappa shape index (κ3) is 4.33. The third-order valence-corrected chi connectivity index (χ3v) is 3.69. The van der Waals surface area contributed by atoms with Gasteiger partial charge in [0.2, 0.25) is 0 Å². The molecule has 1 aliphatic heterocycles. The molecule has 2 atom stereocenters. The zero-order valence-corrected chi connectivity index (χ0v) is 13.2. The van der Waals surface area contributed by atoms with Crippen molar-refractivity contribution < 1.29 is 9.15 Å². The summed E-state index contributed by atoms with van der Waals surface area (Å²) >= 11 is 0. The molecular formula is C16H28N2O2. The van der Waals surface area contributed by atoms with Crippen LogP contribution in [0, 0.1) is 6.92 Å². The summed E-state index contributed by atoms with van der Waals surface area (Å²) in [6.45, 7) is 13.3. The van der Waals surface area contributed by atoms with Gasteiger partial charge in [-0.15, -0.1) is 0 Å². The van der Waals surface area contributed by atoms with E-state index in [4.69, 9.17) is 9.15 Å². The molecule has 1 aliphatic rings. The van der Waals surface area contributed by atoms with Crippen LogP contribution >= 0.6 is 0 Å². The molecule has 20 heavy (non-hydrogen) atoms. The number of furan rings is 1. The van der Waals surface area contributed by atoms with Gasteiger partial charge in [0.1, 0.15) is 11.5 Å². The van der Waals surface area contributed by atoms with Crippen LogP contribution in [0.2, 0.25) is 0 Å². The number of nitrogens with zero attached hydrogens (tertiary/aromatic N) is 1. The first-order valence-corrected chi connectivity index (χ1v) is 7.75. The van der Waals surface area contributed by atoms with Gasteiger partial charge in [0.25, 0.3) is 0 Å². The molecular weight excluding hydrogens is 252 g/mol. The molecule has 0 bridgehead atoms. The average Bonchev–Trinajstić information content (AvgIpc) is 2.69. The molecule has 2 rings (SSSR count). The van der Waals surface area contributed by atoms with Crippen LogP contribution in [0.25, 0.3) is 0 Å². The Morgan fingerprint density at radius 2 is 2.00 bits per heavy atom. The maximum absolute atomic E-state index is 5.84. The Morgan fingerprint density at radius 3 is 2.65 bits per heavy atom. The standard InChI is InChI=1S/C16H28N2O2/c1-5-6-17-8-16-7-15(14(4)20-16)11-18-9-12(2)19-13(3)10-18/h7,12-13,17H,5-6,8-11H2,1-4H3. The van der Waals surface area contributed by atoms with Crippen LogP contribution in [0.5, 0.6) is 0 Å². The van der Waals surface area contributed by atoms with Gasteiger partial charge in [-0.25, -0.2) is 0 Å². The number of hydrogen-bond donors (Lipinski definition) is 1. The molecule has 0 aromatic carbocycles. The van der Waals surface area contributed by atoms with Gasteiger partial charge >= 0.3 is 0 Å². The van der Waals surface area contributed by atoms with E-state index in [1.54, 1.807) is 0 Å². The molecule has 0 radical (unpaired) electrons. The van der Waals surface area contributed by atoms with E-state index in [0.717, 1.165) is 50.7 Å². The molecule has 4 heteroatoms. The monoisotopic (exact) mass is 280 g/mol. The number of morpholine rings is 1. The Labute approximate surface area is 122 Å². The Hall–Kier alpha value is -0.840. The highest BCUT2D eigenvalue weighted by atomic mass is 16.5. The molecule has 2 unspecified atom stereocenters. The van der Waals surface area contributed by atoms with E-state index >= 15 is 0 Å². The molecule has 2 heterocycles. The quantitative estimate of drug-likeness (QED) is 0.813. The highest BCUT2D eigenvalue weighted by Crippen LogP contribution is 2.19. The summed E-state index contributed by atoms with van der Waals surface area (Å²) in [5.74, 6) is 2.09. The molecule has 1 aromatic heterocycles. The lowest BCUT2D eigenvalue weighted by Crippen LogP contribution is -2.44. The second-order valence-electron chi connectivity index (χ2n) is 5.92. The maximum atomic E-state index is 5.84. The summed E-state index contributed by atoms with van der Waals surface area (Å²) in [5.41, 5.74) is 1.31. The van der Waals surface area contributed by atoms with Crippen LogP contribution in [0.1, 0.15) is 44.3 Å². The molecule has 4 nitrogen and oxygen atoms in total. The van der Waals surface area contributed by atoms with Gasteiger partial charge in [0, 0.05) is 25.2 Å². The van der Waals surface area contributed by atoms with E-state index < -0.39 is 0 Å². The second-order valence-corrected chi connectivity index (χ2v) is 5.92. The van der Waals surface area contributed by atoms with E-state index in [-0.39, 0.29) is 0 Å². The number of rotatable bonds is 6. The summed E-state index contributed by atoms with van der Waals surface area (Å²) in [7, 11) is 0. The molecule has 1 saturated heterocycles. The predicted molar refractivity (Wildman–Crippen MR) is 80.7 cm³/mol. The Balaban J connectivity index is 1.91. The highest BCUT2D eigenvalue weighted by molar-refractivity contribution is 5.20. The van der Waals surface area contributed by atoms with Crippen molar-refractivity contribution in [3.05, 3.63) is 23.2 Å². The first-order chi connectivity index (χ1) is 9.58. The minimum atomic E-state index is 0.316. The van der Waals surface area contributed by atoms with Gasteiger partial charge in [0.05, 0.1) is 18.8 Å². The van der Waals surface area contributed by atoms with Gasteiger partial charge in [-0.2, -0.15) is 0 Å². The Bertz CT molecular complexity index is 407. The topological polar surface area (TPSA) is 37.6 Å². The smallest absolute Gasteiger partial charge is 0.118 e. The van der Waals surface area contributed by atoms with Crippen LogP contribution < -0.4 is 5.32 Å². The SMILES string of the molecule is CCCNCc1cc(CN2CC(C)OC(C)C2)c(C)o1. The number of nitrogens with one attached hydrogen (secondary N) is 1. The normalized spacial score (nSPS) is 24.2. The predicted octanol–water partition coefficient (Wildman–Crippen LogP) is 2.70. The fraction of sp³-hybridized carbons (Fsp3) is 0.750. The lowest BCUT2D eigenvalue weighted by atomic mass is 10.2. The van der Waals surface area contributed by atoms with E-state index in [0.29, 0.717) is 12.2 Å². The fourth-order valence-corrected chi connectivity index (χ4v) is 2.87. The fourth-order valence-electron chi connectivity index (χ4n) is 2.87. The van der Waals surface area contributed by atoms with Gasteiger partial charge in [-0.3, -0.25) is 4.90 Å². The first kappa shape index (κ1) is 15.5. The zero-order valence-electron chi connectivity index (χ0n) is 13.2. The number of aryl methyl sites for hydroxylation is 1. The van der Waals surface area contributed by atoms with Crippen molar-refractivity contribution >= 4 is 0 Å². The molecule has 1 N–H and O–H groups in total. The van der Waals surface area contributed by atoms with Gasteiger partial charge in [-0.1, -0.05) is 6.92 Å². The van der Waals surface area contributed by atoms with Crippen LogP contribution in [-0.2, 0) is 17.8 Å². The zero-order chi connectivity index (χ0) is 14.5. The summed E-state index contributed by atoms with van der Waals surface area (Å²) in [5, 5.41) is 3.38. The summed E-state index contributed by atoms with van der Waals surface area (Å²) < 4.78 is 11.6. The molecule has 0 aliphatic carbocycles.